The minimum atomic E-state index is -1.48. The number of carbonyl (C=O) groups is 1. The Morgan fingerprint density at radius 3 is 2.41 bits per heavy atom. The maximum Gasteiger partial charge on any atom is 0.345 e. The largest absolute Gasteiger partial charge is 0.493 e. The smallest absolute Gasteiger partial charge is 0.345 e. The number of hydrogen-bond acceptors (Lipinski definition) is 16. The Morgan fingerprint density at radius 1 is 0.929 bits per heavy atom. The summed E-state index contributed by atoms with van der Waals surface area (Å²) < 4.78 is 64.1. The van der Waals surface area contributed by atoms with Crippen LogP contribution in [0.1, 0.15) is 28.8 Å². The molecule has 0 aliphatic carbocycles. The summed E-state index contributed by atoms with van der Waals surface area (Å²) in [5, 5.41) is 12.0. The van der Waals surface area contributed by atoms with Crippen LogP contribution in [0.25, 0.3) is 31.8 Å². The van der Waals surface area contributed by atoms with E-state index in [1.807, 2.05) is 13.8 Å². The first-order valence-corrected chi connectivity index (χ1v) is 24.6. The van der Waals surface area contributed by atoms with Crippen molar-refractivity contribution in [3.8, 4) is 50.7 Å². The molecule has 70 heavy (non-hydrogen) atoms. The number of ether oxygens (including phenoxy) is 8. The van der Waals surface area contributed by atoms with Crippen LogP contribution in [0.2, 0.25) is 10.0 Å². The molecule has 1 N–H and O–H groups in total. The van der Waals surface area contributed by atoms with E-state index >= 15 is 0 Å². The Kier molecular flexibility index (Phi) is 14.3. The van der Waals surface area contributed by atoms with Gasteiger partial charge in [0.25, 0.3) is 0 Å². The highest BCUT2D eigenvalue weighted by atomic mass is 35.5. The second-order valence-electron chi connectivity index (χ2n) is 17.8. The first kappa shape index (κ1) is 48.2. The summed E-state index contributed by atoms with van der Waals surface area (Å²) in [6.07, 6.45) is 0.165. The molecule has 4 bridgehead atoms. The molecule has 5 aliphatic rings. The Morgan fingerprint density at radius 2 is 1.67 bits per heavy atom. The lowest BCUT2D eigenvalue weighted by Crippen LogP contribution is -2.48. The highest BCUT2D eigenvalue weighted by Gasteiger charge is 2.49. The summed E-state index contributed by atoms with van der Waals surface area (Å²) in [4.78, 5) is 37.4. The molecule has 0 radical (unpaired) electrons. The number of nitrogens with zero attached hydrogens (tertiary/aromatic N) is 6. The van der Waals surface area contributed by atoms with Crippen LogP contribution in [0.15, 0.2) is 61.1 Å². The fraction of sp³-hybridized carbons (Fsp3) is 0.420. The number of carboxylic acids is 1. The van der Waals surface area contributed by atoms with E-state index in [1.54, 1.807) is 49.7 Å². The van der Waals surface area contributed by atoms with Gasteiger partial charge in [-0.2, -0.15) is 4.98 Å². The molecular formula is C50H51Cl2FN6O10S. The summed E-state index contributed by atoms with van der Waals surface area (Å²) in [6, 6.07) is 13.2. The lowest BCUT2D eigenvalue weighted by molar-refractivity contribution is -0.145. The quantitative estimate of drug-likeness (QED) is 0.141. The van der Waals surface area contributed by atoms with Crippen molar-refractivity contribution in [2.75, 3.05) is 66.7 Å². The Labute approximate surface area is 417 Å². The van der Waals surface area contributed by atoms with Crippen LogP contribution in [0.5, 0.6) is 29.1 Å². The second kappa shape index (κ2) is 20.7. The van der Waals surface area contributed by atoms with E-state index in [2.05, 4.69) is 36.8 Å². The summed E-state index contributed by atoms with van der Waals surface area (Å²) in [5.41, 5.74) is 4.27. The zero-order valence-electron chi connectivity index (χ0n) is 38.9. The van der Waals surface area contributed by atoms with Crippen LogP contribution in [0.3, 0.4) is 0 Å². The zero-order chi connectivity index (χ0) is 48.6. The highest BCUT2D eigenvalue weighted by Crippen LogP contribution is 2.53. The highest BCUT2D eigenvalue weighted by molar-refractivity contribution is 7.22. The van der Waals surface area contributed by atoms with Crippen LogP contribution in [-0.4, -0.2) is 144 Å². The van der Waals surface area contributed by atoms with E-state index in [9.17, 15) is 14.3 Å². The van der Waals surface area contributed by atoms with Crippen LogP contribution >= 0.6 is 34.5 Å². The Balaban J connectivity index is 1.02. The Hall–Kier alpha value is -5.44. The van der Waals surface area contributed by atoms with Gasteiger partial charge in [-0.25, -0.2) is 24.1 Å². The van der Waals surface area contributed by atoms with E-state index in [1.165, 1.54) is 29.8 Å². The standard InChI is InChI=1S/C50H51Cl2FN6O10S/c1-26-38-27(2)42(52)45(41(26)51)67-33(21-59-16-14-58(3)15-17-59)12-18-63-32-9-10-34(64-22-31-11-13-54-50(57-31)69-37-24-66-43-36(62-4)23-65-44(37)43)29(19-32)20-35(49(60)61)68-47-40-39(38)46(70-48(40)56-25-55-47)28-5-7-30(53)8-6-28/h5-11,13,19,25,33,35-37,43-44H,12,14-18,20-24H2,1-4H3,(H,60,61)/t33-,35+,36+,37+,43+,44+/m0/s1. The van der Waals surface area contributed by atoms with Gasteiger partial charge >= 0.3 is 12.0 Å². The van der Waals surface area contributed by atoms with E-state index in [4.69, 9.17) is 61.1 Å². The fourth-order valence-corrected chi connectivity index (χ4v) is 11.1. The van der Waals surface area contributed by atoms with E-state index < -0.39 is 24.0 Å². The van der Waals surface area contributed by atoms with Gasteiger partial charge in [0.2, 0.25) is 12.0 Å². The molecule has 20 heteroatoms. The molecule has 0 unspecified atom stereocenters. The number of carboxylic acid groups (broad SMARTS) is 1. The lowest BCUT2D eigenvalue weighted by atomic mass is 9.92. The molecule has 3 saturated heterocycles. The van der Waals surface area contributed by atoms with E-state index in [0.717, 1.165) is 26.2 Å². The van der Waals surface area contributed by atoms with Crippen molar-refractivity contribution in [1.82, 2.24) is 29.7 Å². The molecular weight excluding hydrogens is 967 g/mol. The molecule has 3 aromatic heterocycles. The predicted octanol–water partition coefficient (Wildman–Crippen LogP) is 7.87. The maximum absolute atomic E-state index is 14.4. The number of hydrogen-bond donors (Lipinski definition) is 1. The number of fused-ring (bicyclic) bond motifs is 9. The first-order valence-electron chi connectivity index (χ1n) is 23.0. The third-order valence-electron chi connectivity index (χ3n) is 13.2. The van der Waals surface area contributed by atoms with Crippen molar-refractivity contribution in [3.05, 3.63) is 99.3 Å². The average Bonchev–Trinajstić information content (AvgIpc) is 4.07. The van der Waals surface area contributed by atoms with Gasteiger partial charge in [-0.05, 0) is 79.5 Å². The summed E-state index contributed by atoms with van der Waals surface area (Å²) in [6.45, 7) is 8.86. The molecule has 8 heterocycles. The minimum Gasteiger partial charge on any atom is -0.493 e. The number of thiophene rings is 1. The third kappa shape index (κ3) is 9.92. The van der Waals surface area contributed by atoms with Crippen molar-refractivity contribution in [1.29, 1.82) is 0 Å². The lowest BCUT2D eigenvalue weighted by Gasteiger charge is -2.35. The monoisotopic (exact) mass is 1020 g/mol. The molecule has 3 aromatic carbocycles. The van der Waals surface area contributed by atoms with E-state index in [0.29, 0.717) is 108 Å². The van der Waals surface area contributed by atoms with Gasteiger partial charge in [0.05, 0.1) is 40.9 Å². The van der Waals surface area contributed by atoms with Gasteiger partial charge in [0.15, 0.2) is 11.9 Å². The molecule has 368 valence electrons. The van der Waals surface area contributed by atoms with Gasteiger partial charge < -0.3 is 47.9 Å². The topological polar surface area (TPSA) is 169 Å². The number of rotatable bonds is 10. The van der Waals surface area contributed by atoms with Crippen LogP contribution < -0.4 is 23.7 Å². The number of methoxy groups -OCH3 is 1. The number of likely N-dealkylation sites (N-methyl/N-ethyl adjacent to an activating group) is 1. The predicted molar refractivity (Wildman–Crippen MR) is 259 cm³/mol. The third-order valence-corrected chi connectivity index (χ3v) is 15.3. The summed E-state index contributed by atoms with van der Waals surface area (Å²) >= 11 is 16.0. The molecule has 11 rings (SSSR count). The molecule has 5 aliphatic heterocycles. The minimum absolute atomic E-state index is 0.00921. The Bertz CT molecular complexity index is 2860. The molecule has 0 saturated carbocycles. The molecule has 0 amide bonds. The van der Waals surface area contributed by atoms with Crippen LogP contribution in [0.4, 0.5) is 4.39 Å². The van der Waals surface area contributed by atoms with Crippen molar-refractivity contribution < 1.29 is 52.2 Å². The molecule has 16 nitrogen and oxygen atoms in total. The normalized spacial score (nSPS) is 23.0. The van der Waals surface area contributed by atoms with Gasteiger partial charge in [0, 0.05) is 74.9 Å². The van der Waals surface area contributed by atoms with Crippen LogP contribution in [-0.2, 0) is 32.0 Å². The summed E-state index contributed by atoms with van der Waals surface area (Å²) in [5.74, 6) is -0.436. The van der Waals surface area contributed by atoms with E-state index in [-0.39, 0.29) is 55.9 Å². The number of piperazine rings is 1. The first-order chi connectivity index (χ1) is 33.9. The van der Waals surface area contributed by atoms with Gasteiger partial charge in [-0.15, -0.1) is 11.3 Å². The molecule has 6 atom stereocenters. The van der Waals surface area contributed by atoms with Crippen molar-refractivity contribution in [3.63, 3.8) is 0 Å². The fourth-order valence-electron chi connectivity index (χ4n) is 9.43. The molecule has 0 spiro atoms. The van der Waals surface area contributed by atoms with Crippen molar-refractivity contribution in [2.45, 2.75) is 69.9 Å². The second-order valence-corrected chi connectivity index (χ2v) is 19.6. The number of aromatic nitrogens is 4. The molecule has 3 fully saturated rings. The van der Waals surface area contributed by atoms with Crippen LogP contribution in [0, 0.1) is 19.7 Å². The van der Waals surface area contributed by atoms with Crippen molar-refractivity contribution >= 4 is 50.7 Å². The average molecular weight is 1020 g/mol. The molecule has 6 aromatic rings. The van der Waals surface area contributed by atoms with Crippen molar-refractivity contribution in [2.24, 2.45) is 0 Å². The maximum atomic E-state index is 14.4. The van der Waals surface area contributed by atoms with Gasteiger partial charge in [-0.3, -0.25) is 4.90 Å². The SMILES string of the molecule is CO[C@@H]1CO[C@H]2[C@@H]1OC[C@H]2Oc1nccc(COc2ccc3cc2C[C@H](C(=O)O)Oc2ncnc4sc(-c5ccc(F)cc5)c(c24)-c2c(C)c(Cl)c(c(Cl)c2C)O[C@H](CN2CCN(C)CC2)CCO3)n1. The number of halogens is 3. The number of benzene rings is 3. The number of aliphatic carboxylic acids is 1. The summed E-state index contributed by atoms with van der Waals surface area (Å²) in [7, 11) is 3.74. The zero-order valence-corrected chi connectivity index (χ0v) is 41.2. The van der Waals surface area contributed by atoms with Gasteiger partial charge in [-0.1, -0.05) is 35.3 Å². The van der Waals surface area contributed by atoms with Gasteiger partial charge in [0.1, 0.15) is 59.5 Å².